The molecule has 10 heteroatoms. The Labute approximate surface area is 81.0 Å². The molecule has 0 aromatic carbocycles. The molecule has 0 rings (SSSR count). The van der Waals surface area contributed by atoms with E-state index in [1.807, 2.05) is 13.8 Å². The van der Waals surface area contributed by atoms with Crippen molar-refractivity contribution in [2.75, 3.05) is 0 Å². The van der Waals surface area contributed by atoms with E-state index < -0.39 is 15.6 Å². The molecule has 0 unspecified atom stereocenters. The van der Waals surface area contributed by atoms with E-state index in [1.54, 1.807) is 0 Å². The Bertz CT molecular complexity index is 195. The van der Waals surface area contributed by atoms with Crippen LogP contribution in [0.1, 0.15) is 13.8 Å². The minimum atomic E-state index is -4.64. The van der Waals surface area contributed by atoms with Crippen molar-refractivity contribution >= 4 is 15.6 Å². The molecule has 0 radical (unpaired) electrons. The van der Waals surface area contributed by atoms with Crippen molar-refractivity contribution in [3.63, 3.8) is 0 Å². The van der Waals surface area contributed by atoms with E-state index in [1.165, 1.54) is 5.57 Å². The van der Waals surface area contributed by atoms with Gasteiger partial charge in [0.05, 0.1) is 0 Å². The van der Waals surface area contributed by atoms with Crippen LogP contribution in [0.2, 0.25) is 0 Å². The fourth-order valence-corrected chi connectivity index (χ4v) is 0. The van der Waals surface area contributed by atoms with Gasteiger partial charge in [-0.3, -0.25) is 0 Å². The summed E-state index contributed by atoms with van der Waals surface area (Å²) in [5.41, 5.74) is 1.17. The first-order valence-corrected chi connectivity index (χ1v) is 6.05. The first-order valence-electron chi connectivity index (χ1n) is 2.92. The number of phosphoric acid groups is 2. The topological polar surface area (TPSA) is 156 Å². The van der Waals surface area contributed by atoms with Gasteiger partial charge in [-0.1, -0.05) is 5.57 Å². The molecule has 0 saturated heterocycles. The van der Waals surface area contributed by atoms with Crippen molar-refractivity contribution in [3.8, 4) is 0 Å². The van der Waals surface area contributed by atoms with Crippen molar-refractivity contribution in [1.29, 1.82) is 0 Å². The van der Waals surface area contributed by atoms with Crippen molar-refractivity contribution in [2.45, 2.75) is 13.8 Å². The standard InChI is InChI=1S/C4H8.2H3O4P/c1-4(2)3;2*1-5(2,3)4/h1H2,2-3H3;2*(H3,1,2,3,4). The summed E-state index contributed by atoms with van der Waals surface area (Å²) in [5, 5.41) is 0. The summed E-state index contributed by atoms with van der Waals surface area (Å²) >= 11 is 0. The summed E-state index contributed by atoms with van der Waals surface area (Å²) in [6.45, 7) is 7.50. The van der Waals surface area contributed by atoms with Crippen LogP contribution in [0.15, 0.2) is 12.2 Å². The van der Waals surface area contributed by atoms with Crippen LogP contribution in [0.25, 0.3) is 0 Å². The van der Waals surface area contributed by atoms with Gasteiger partial charge in [0.25, 0.3) is 0 Å². The lowest BCUT2D eigenvalue weighted by atomic mass is 10.4. The molecule has 0 aromatic rings. The van der Waals surface area contributed by atoms with E-state index in [-0.39, 0.29) is 0 Å². The predicted octanol–water partition coefficient (Wildman–Crippen LogP) is -0.275. The van der Waals surface area contributed by atoms with Gasteiger partial charge in [-0.25, -0.2) is 9.13 Å². The SMILES string of the molecule is C=C(C)C.O=P(O)(O)O.O=P(O)(O)O. The molecular formula is C4H14O8P2. The molecule has 0 bridgehead atoms. The van der Waals surface area contributed by atoms with Gasteiger partial charge in [0.2, 0.25) is 0 Å². The first-order chi connectivity index (χ1) is 5.73. The summed E-state index contributed by atoms with van der Waals surface area (Å²) < 4.78 is 17.8. The molecule has 0 aliphatic carbocycles. The molecule has 0 aromatic heterocycles. The smallest absolute Gasteiger partial charge is 0.303 e. The number of hydrogen-bond donors (Lipinski definition) is 6. The van der Waals surface area contributed by atoms with Crippen molar-refractivity contribution in [3.05, 3.63) is 12.2 Å². The fraction of sp³-hybridized carbons (Fsp3) is 0.500. The van der Waals surface area contributed by atoms with Gasteiger partial charge in [-0.2, -0.15) is 0 Å². The van der Waals surface area contributed by atoms with Gasteiger partial charge in [0, 0.05) is 0 Å². The molecule has 14 heavy (non-hydrogen) atoms. The summed E-state index contributed by atoms with van der Waals surface area (Å²) in [6, 6.07) is 0. The molecule has 0 aliphatic rings. The normalized spacial score (nSPS) is 10.3. The Balaban J connectivity index is -0.000000131. The zero-order valence-corrected chi connectivity index (χ0v) is 9.39. The lowest BCUT2D eigenvalue weighted by Crippen LogP contribution is -1.66. The van der Waals surface area contributed by atoms with Gasteiger partial charge in [0.15, 0.2) is 0 Å². The van der Waals surface area contributed by atoms with Gasteiger partial charge >= 0.3 is 15.6 Å². The molecule has 88 valence electrons. The first kappa shape index (κ1) is 19.5. The zero-order valence-electron chi connectivity index (χ0n) is 7.60. The van der Waals surface area contributed by atoms with Crippen LogP contribution in [0.4, 0.5) is 0 Å². The van der Waals surface area contributed by atoms with E-state index in [9.17, 15) is 0 Å². The van der Waals surface area contributed by atoms with E-state index in [4.69, 9.17) is 38.5 Å². The second-order valence-electron chi connectivity index (χ2n) is 2.23. The van der Waals surface area contributed by atoms with E-state index in [2.05, 4.69) is 6.58 Å². The van der Waals surface area contributed by atoms with Crippen LogP contribution in [0.3, 0.4) is 0 Å². The highest BCUT2D eigenvalue weighted by atomic mass is 31.2. The molecule has 0 fully saturated rings. The second-order valence-corrected chi connectivity index (χ2v) is 4.29. The van der Waals surface area contributed by atoms with E-state index >= 15 is 0 Å². The zero-order chi connectivity index (χ0) is 12.6. The van der Waals surface area contributed by atoms with Gasteiger partial charge in [-0.15, -0.1) is 6.58 Å². The van der Waals surface area contributed by atoms with Crippen LogP contribution in [-0.4, -0.2) is 29.4 Å². The molecule has 0 spiro atoms. The van der Waals surface area contributed by atoms with Crippen molar-refractivity contribution < 1.29 is 38.5 Å². The van der Waals surface area contributed by atoms with Crippen molar-refractivity contribution in [2.24, 2.45) is 0 Å². The van der Waals surface area contributed by atoms with Crippen LogP contribution in [0, 0.1) is 0 Å². The Morgan fingerprint density at radius 3 is 0.857 bits per heavy atom. The van der Waals surface area contributed by atoms with Gasteiger partial charge < -0.3 is 29.4 Å². The molecule has 0 amide bonds. The Morgan fingerprint density at radius 1 is 0.857 bits per heavy atom. The summed E-state index contributed by atoms with van der Waals surface area (Å²) in [5.74, 6) is 0. The lowest BCUT2D eigenvalue weighted by molar-refractivity contribution is 0.272. The lowest BCUT2D eigenvalue weighted by Gasteiger charge is -1.82. The minimum absolute atomic E-state index is 1.17. The van der Waals surface area contributed by atoms with Gasteiger partial charge in [0.1, 0.15) is 0 Å². The molecular weight excluding hydrogens is 238 g/mol. The summed E-state index contributed by atoms with van der Waals surface area (Å²) in [7, 11) is -9.28. The highest BCUT2D eigenvalue weighted by Gasteiger charge is 2.00. The Hall–Kier alpha value is -0.0400. The number of hydrogen-bond acceptors (Lipinski definition) is 2. The maximum atomic E-state index is 8.88. The third kappa shape index (κ3) is 898000. The number of rotatable bonds is 0. The number of allylic oxidation sites excluding steroid dienone is 1. The van der Waals surface area contributed by atoms with Gasteiger partial charge in [-0.05, 0) is 13.8 Å². The predicted molar refractivity (Wildman–Crippen MR) is 49.0 cm³/mol. The quantitative estimate of drug-likeness (QED) is 0.254. The highest BCUT2D eigenvalue weighted by molar-refractivity contribution is 7.45. The Kier molecular flexibility index (Phi) is 11.5. The van der Waals surface area contributed by atoms with Crippen LogP contribution in [0.5, 0.6) is 0 Å². The van der Waals surface area contributed by atoms with E-state index in [0.29, 0.717) is 0 Å². The largest absolute Gasteiger partial charge is 0.466 e. The van der Waals surface area contributed by atoms with Crippen molar-refractivity contribution in [1.82, 2.24) is 0 Å². The van der Waals surface area contributed by atoms with E-state index in [0.717, 1.165) is 0 Å². The average molecular weight is 252 g/mol. The van der Waals surface area contributed by atoms with Crippen LogP contribution in [-0.2, 0) is 9.13 Å². The molecule has 0 aliphatic heterocycles. The molecule has 6 N–H and O–H groups in total. The maximum Gasteiger partial charge on any atom is 0.466 e. The summed E-state index contributed by atoms with van der Waals surface area (Å²) in [4.78, 5) is 43.1. The molecule has 0 heterocycles. The average Bonchev–Trinajstić information content (AvgIpc) is 1.45. The Morgan fingerprint density at radius 2 is 0.857 bits per heavy atom. The third-order valence-corrected chi connectivity index (χ3v) is 0. The molecule has 8 nitrogen and oxygen atoms in total. The highest BCUT2D eigenvalue weighted by Crippen LogP contribution is 2.26. The molecule has 0 atom stereocenters. The third-order valence-electron chi connectivity index (χ3n) is 0. The maximum absolute atomic E-state index is 8.88. The second kappa shape index (κ2) is 8.28. The fourth-order valence-electron chi connectivity index (χ4n) is 0. The van der Waals surface area contributed by atoms with Crippen LogP contribution >= 0.6 is 15.6 Å². The van der Waals surface area contributed by atoms with Crippen LogP contribution < -0.4 is 0 Å². The minimum Gasteiger partial charge on any atom is -0.303 e. The summed E-state index contributed by atoms with van der Waals surface area (Å²) in [6.07, 6.45) is 0. The monoisotopic (exact) mass is 252 g/mol. The molecule has 0 saturated carbocycles.